The molecule has 174 valence electrons. The Morgan fingerprint density at radius 2 is 1.76 bits per heavy atom. The average molecular weight is 459 g/mol. The molecule has 3 aliphatic heterocycles. The number of rotatable bonds is 4. The van der Waals surface area contributed by atoms with Gasteiger partial charge in [-0.1, -0.05) is 0 Å². The van der Waals surface area contributed by atoms with Crippen LogP contribution in [0.15, 0.2) is 42.5 Å². The van der Waals surface area contributed by atoms with E-state index in [9.17, 15) is 14.4 Å². The number of benzene rings is 2. The molecular formula is C26H26N4O4. The van der Waals surface area contributed by atoms with Gasteiger partial charge in [0.05, 0.1) is 35.4 Å². The Balaban J connectivity index is 1.27. The zero-order valence-electron chi connectivity index (χ0n) is 18.9. The first-order valence-electron chi connectivity index (χ1n) is 11.7. The van der Waals surface area contributed by atoms with Crippen molar-refractivity contribution in [1.82, 2.24) is 9.80 Å². The monoisotopic (exact) mass is 458 g/mol. The van der Waals surface area contributed by atoms with Gasteiger partial charge in [-0.15, -0.1) is 0 Å². The summed E-state index contributed by atoms with van der Waals surface area (Å²) in [5, 5.41) is 9.00. The van der Waals surface area contributed by atoms with Crippen LogP contribution in [-0.2, 0) is 4.74 Å². The third kappa shape index (κ3) is 4.15. The van der Waals surface area contributed by atoms with Gasteiger partial charge in [-0.2, -0.15) is 5.26 Å². The highest BCUT2D eigenvalue weighted by molar-refractivity contribution is 6.22. The highest BCUT2D eigenvalue weighted by atomic mass is 16.5. The third-order valence-electron chi connectivity index (χ3n) is 6.77. The minimum atomic E-state index is -0.354. The summed E-state index contributed by atoms with van der Waals surface area (Å²) in [5.74, 6) is -0.808. The van der Waals surface area contributed by atoms with Gasteiger partial charge >= 0.3 is 0 Å². The summed E-state index contributed by atoms with van der Waals surface area (Å²) < 4.78 is 5.59. The number of hydrogen-bond donors (Lipinski definition) is 0. The lowest BCUT2D eigenvalue weighted by molar-refractivity contribution is 0.0475. The van der Waals surface area contributed by atoms with E-state index in [1.807, 2.05) is 12.1 Å². The van der Waals surface area contributed by atoms with Gasteiger partial charge in [0.2, 0.25) is 0 Å². The van der Waals surface area contributed by atoms with Crippen LogP contribution in [0.25, 0.3) is 0 Å². The molecule has 0 radical (unpaired) electrons. The Morgan fingerprint density at radius 1 is 0.971 bits per heavy atom. The zero-order chi connectivity index (χ0) is 23.7. The van der Waals surface area contributed by atoms with E-state index in [4.69, 9.17) is 10.00 Å². The molecule has 2 fully saturated rings. The second-order valence-corrected chi connectivity index (χ2v) is 8.91. The molecule has 3 aliphatic rings. The van der Waals surface area contributed by atoms with Gasteiger partial charge in [0.15, 0.2) is 0 Å². The number of ether oxygens (including phenoxy) is 1. The Morgan fingerprint density at radius 3 is 2.50 bits per heavy atom. The fourth-order valence-electron chi connectivity index (χ4n) is 4.89. The second kappa shape index (κ2) is 9.27. The molecule has 1 atom stereocenters. The van der Waals surface area contributed by atoms with Crippen LogP contribution in [-0.4, -0.2) is 73.0 Å². The standard InChI is InChI=1S/C26H26N4O4/c27-16-18-4-7-20(8-5-18)28-10-2-11-29(13-12-28)24(31)19-6-9-22-23(15-19)26(33)30(25(22)32)17-21-3-1-14-34-21/h4-9,15,21H,1-3,10-14,17H2. The first-order valence-corrected chi connectivity index (χ1v) is 11.7. The van der Waals surface area contributed by atoms with Crippen molar-refractivity contribution < 1.29 is 19.1 Å². The van der Waals surface area contributed by atoms with Crippen LogP contribution >= 0.6 is 0 Å². The van der Waals surface area contributed by atoms with E-state index in [0.717, 1.165) is 31.5 Å². The Kier molecular flexibility index (Phi) is 6.03. The van der Waals surface area contributed by atoms with Gasteiger partial charge in [0.25, 0.3) is 17.7 Å². The SMILES string of the molecule is N#Cc1ccc(N2CCCN(C(=O)c3ccc4c(c3)C(=O)N(CC3CCCO3)C4=O)CC2)cc1. The summed E-state index contributed by atoms with van der Waals surface area (Å²) in [5.41, 5.74) is 2.71. The van der Waals surface area contributed by atoms with Gasteiger partial charge in [-0.3, -0.25) is 19.3 Å². The molecule has 3 heterocycles. The lowest BCUT2D eigenvalue weighted by Crippen LogP contribution is -2.36. The van der Waals surface area contributed by atoms with E-state index in [-0.39, 0.29) is 30.4 Å². The number of imide groups is 1. The molecule has 1 unspecified atom stereocenters. The number of carbonyl (C=O) groups excluding carboxylic acids is 3. The Labute approximate surface area is 198 Å². The maximum Gasteiger partial charge on any atom is 0.261 e. The van der Waals surface area contributed by atoms with Crippen molar-refractivity contribution in [1.29, 1.82) is 5.26 Å². The van der Waals surface area contributed by atoms with Gasteiger partial charge in [-0.25, -0.2) is 0 Å². The summed E-state index contributed by atoms with van der Waals surface area (Å²) in [4.78, 5) is 44.2. The largest absolute Gasteiger partial charge is 0.376 e. The van der Waals surface area contributed by atoms with Crippen LogP contribution in [0.2, 0.25) is 0 Å². The smallest absolute Gasteiger partial charge is 0.261 e. The van der Waals surface area contributed by atoms with E-state index in [1.165, 1.54) is 4.90 Å². The normalized spacial score (nSPS) is 20.3. The minimum absolute atomic E-state index is 0.112. The molecule has 0 aromatic heterocycles. The highest BCUT2D eigenvalue weighted by Crippen LogP contribution is 2.27. The molecule has 34 heavy (non-hydrogen) atoms. The summed E-state index contributed by atoms with van der Waals surface area (Å²) in [7, 11) is 0. The van der Waals surface area contributed by atoms with Crippen LogP contribution in [0.5, 0.6) is 0 Å². The molecule has 5 rings (SSSR count). The lowest BCUT2D eigenvalue weighted by Gasteiger charge is -2.24. The first-order chi connectivity index (χ1) is 16.5. The molecule has 2 aromatic carbocycles. The summed E-state index contributed by atoms with van der Waals surface area (Å²) in [6.07, 6.45) is 2.47. The van der Waals surface area contributed by atoms with E-state index in [0.29, 0.717) is 48.5 Å². The van der Waals surface area contributed by atoms with Crippen LogP contribution < -0.4 is 4.90 Å². The van der Waals surface area contributed by atoms with Crippen LogP contribution in [0, 0.1) is 11.3 Å². The maximum absolute atomic E-state index is 13.3. The first kappa shape index (κ1) is 22.1. The molecule has 2 aromatic rings. The lowest BCUT2D eigenvalue weighted by atomic mass is 10.0. The fourth-order valence-corrected chi connectivity index (χ4v) is 4.89. The predicted molar refractivity (Wildman–Crippen MR) is 125 cm³/mol. The van der Waals surface area contributed by atoms with E-state index >= 15 is 0 Å². The van der Waals surface area contributed by atoms with Crippen LogP contribution in [0.3, 0.4) is 0 Å². The summed E-state index contributed by atoms with van der Waals surface area (Å²) in [6, 6.07) is 14.4. The van der Waals surface area contributed by atoms with Crippen LogP contribution in [0.4, 0.5) is 5.69 Å². The molecule has 0 bridgehead atoms. The van der Waals surface area contributed by atoms with E-state index < -0.39 is 0 Å². The molecule has 0 aliphatic carbocycles. The highest BCUT2D eigenvalue weighted by Gasteiger charge is 2.38. The number of fused-ring (bicyclic) bond motifs is 1. The maximum atomic E-state index is 13.3. The Hall–Kier alpha value is -3.70. The number of hydrogen-bond acceptors (Lipinski definition) is 6. The van der Waals surface area contributed by atoms with Crippen molar-refractivity contribution >= 4 is 23.4 Å². The molecule has 0 N–H and O–H groups in total. The van der Waals surface area contributed by atoms with Gasteiger partial charge in [0, 0.05) is 44.0 Å². The molecule has 3 amide bonds. The van der Waals surface area contributed by atoms with Crippen molar-refractivity contribution in [3.63, 3.8) is 0 Å². The number of anilines is 1. The number of nitriles is 1. The minimum Gasteiger partial charge on any atom is -0.376 e. The average Bonchev–Trinajstić information content (AvgIpc) is 3.37. The van der Waals surface area contributed by atoms with E-state index in [1.54, 1.807) is 35.2 Å². The molecule has 2 saturated heterocycles. The predicted octanol–water partition coefficient (Wildman–Crippen LogP) is 2.69. The van der Waals surface area contributed by atoms with Crippen molar-refractivity contribution in [3.05, 3.63) is 64.7 Å². The number of carbonyl (C=O) groups is 3. The zero-order valence-corrected chi connectivity index (χ0v) is 18.9. The van der Waals surface area contributed by atoms with Crippen molar-refractivity contribution in [2.24, 2.45) is 0 Å². The van der Waals surface area contributed by atoms with Crippen molar-refractivity contribution in [3.8, 4) is 6.07 Å². The molecule has 0 spiro atoms. The summed E-state index contributed by atoms with van der Waals surface area (Å²) in [6.45, 7) is 3.56. The van der Waals surface area contributed by atoms with Gasteiger partial charge < -0.3 is 14.5 Å². The molecule has 8 heteroatoms. The third-order valence-corrected chi connectivity index (χ3v) is 6.77. The number of amides is 3. The van der Waals surface area contributed by atoms with Crippen LogP contribution in [0.1, 0.15) is 55.9 Å². The second-order valence-electron chi connectivity index (χ2n) is 8.91. The topological polar surface area (TPSA) is 93.9 Å². The molecule has 0 saturated carbocycles. The van der Waals surface area contributed by atoms with Crippen molar-refractivity contribution in [2.45, 2.75) is 25.4 Å². The quantitative estimate of drug-likeness (QED) is 0.654. The summed E-state index contributed by atoms with van der Waals surface area (Å²) >= 11 is 0. The number of nitrogens with zero attached hydrogens (tertiary/aromatic N) is 4. The van der Waals surface area contributed by atoms with Gasteiger partial charge in [-0.05, 0) is 61.7 Å². The van der Waals surface area contributed by atoms with Crippen molar-refractivity contribution in [2.75, 3.05) is 44.2 Å². The Bertz CT molecular complexity index is 1160. The fraction of sp³-hybridized carbons (Fsp3) is 0.385. The van der Waals surface area contributed by atoms with Gasteiger partial charge in [0.1, 0.15) is 0 Å². The molecular weight excluding hydrogens is 432 g/mol. The molecule has 8 nitrogen and oxygen atoms in total. The van der Waals surface area contributed by atoms with E-state index in [2.05, 4.69) is 11.0 Å².